The Kier molecular flexibility index (Phi) is 1.28. The van der Waals surface area contributed by atoms with E-state index in [2.05, 4.69) is 15.4 Å². The maximum absolute atomic E-state index is 4.28. The molecule has 0 radical (unpaired) electrons. The molecule has 0 spiro atoms. The molecule has 0 atom stereocenters. The van der Waals surface area contributed by atoms with Gasteiger partial charge in [-0.25, -0.2) is 15.0 Å². The number of nitrogens with zero attached hydrogens (tertiary/aromatic N) is 3. The van der Waals surface area contributed by atoms with Gasteiger partial charge in [0.25, 0.3) is 0 Å². The highest BCUT2D eigenvalue weighted by Gasteiger charge is 2.20. The van der Waals surface area contributed by atoms with Crippen LogP contribution in [0.1, 0.15) is 5.56 Å². The summed E-state index contributed by atoms with van der Waals surface area (Å²) < 4.78 is 0. The fraction of sp³-hybridized carbons (Fsp3) is 0. The van der Waals surface area contributed by atoms with Crippen LogP contribution in [0.25, 0.3) is 0 Å². The van der Waals surface area contributed by atoms with Crippen LogP contribution >= 0.6 is 11.3 Å². The third kappa shape index (κ3) is 0.905. The molecule has 0 amide bonds. The lowest BCUT2D eigenvalue weighted by Gasteiger charge is -2.25. The normalized spacial score (nSPS) is 17.5. The second-order valence-electron chi connectivity index (χ2n) is 2.65. The van der Waals surface area contributed by atoms with Gasteiger partial charge in [0.05, 0.1) is 5.56 Å². The molecule has 1 aromatic rings. The Morgan fingerprint density at radius 1 is 1.46 bits per heavy atom. The van der Waals surface area contributed by atoms with Crippen LogP contribution in [0.15, 0.2) is 33.8 Å². The second-order valence-corrected chi connectivity index (χ2v) is 3.55. The van der Waals surface area contributed by atoms with Gasteiger partial charge in [0.2, 0.25) is 0 Å². The number of aliphatic imine (C=N–C) groups is 2. The van der Waals surface area contributed by atoms with Crippen LogP contribution < -0.4 is 5.43 Å². The van der Waals surface area contributed by atoms with Gasteiger partial charge in [-0.15, -0.1) is 11.3 Å². The highest BCUT2D eigenvalue weighted by atomic mass is 32.1. The van der Waals surface area contributed by atoms with E-state index in [1.54, 1.807) is 35.1 Å². The predicted molar refractivity (Wildman–Crippen MR) is 53.1 cm³/mol. The van der Waals surface area contributed by atoms with E-state index in [1.807, 2.05) is 11.4 Å². The average molecular weight is 190 g/mol. The Balaban J connectivity index is 2.21. The zero-order valence-corrected chi connectivity index (χ0v) is 7.45. The fourth-order valence-electron chi connectivity index (χ4n) is 1.31. The van der Waals surface area contributed by atoms with Gasteiger partial charge >= 0.3 is 0 Å². The van der Waals surface area contributed by atoms with Gasteiger partial charge in [-0.05, 0) is 11.4 Å². The first-order valence-electron chi connectivity index (χ1n) is 3.85. The third-order valence-electron chi connectivity index (χ3n) is 1.89. The zero-order valence-electron chi connectivity index (χ0n) is 6.64. The average Bonchev–Trinajstić information content (AvgIpc) is 2.65. The monoisotopic (exact) mass is 190 g/mol. The number of rotatable bonds is 0. The van der Waals surface area contributed by atoms with Crippen LogP contribution in [0.2, 0.25) is 0 Å². The number of amidine groups is 1. The van der Waals surface area contributed by atoms with E-state index in [1.165, 1.54) is 0 Å². The summed E-state index contributed by atoms with van der Waals surface area (Å²) in [5.74, 6) is 0.911. The van der Waals surface area contributed by atoms with E-state index >= 15 is 0 Å². The SMILES string of the molecule is C1=CNN2C=Nc3sccc3C2=N1. The molecule has 1 aromatic heterocycles. The summed E-state index contributed by atoms with van der Waals surface area (Å²) in [5, 5.41) is 4.84. The van der Waals surface area contributed by atoms with Crippen LogP contribution in [0.5, 0.6) is 0 Å². The van der Waals surface area contributed by atoms with Crippen molar-refractivity contribution in [1.29, 1.82) is 0 Å². The molecular weight excluding hydrogens is 184 g/mol. The maximum Gasteiger partial charge on any atom is 0.163 e. The van der Waals surface area contributed by atoms with Crippen molar-refractivity contribution in [2.75, 3.05) is 0 Å². The predicted octanol–water partition coefficient (Wildman–Crippen LogP) is 1.46. The summed E-state index contributed by atoms with van der Waals surface area (Å²) in [5.41, 5.74) is 4.12. The van der Waals surface area contributed by atoms with Gasteiger partial charge in [-0.2, -0.15) is 0 Å². The first kappa shape index (κ1) is 6.85. The summed E-state index contributed by atoms with van der Waals surface area (Å²) in [6.07, 6.45) is 5.25. The van der Waals surface area contributed by atoms with Crippen molar-refractivity contribution in [3.8, 4) is 0 Å². The number of hydrogen-bond acceptors (Lipinski definition) is 5. The minimum absolute atomic E-state index is 0.911. The van der Waals surface area contributed by atoms with Gasteiger partial charge in [-0.3, -0.25) is 5.43 Å². The van der Waals surface area contributed by atoms with Gasteiger partial charge in [0.15, 0.2) is 5.84 Å². The van der Waals surface area contributed by atoms with Crippen LogP contribution in [-0.2, 0) is 0 Å². The van der Waals surface area contributed by atoms with E-state index in [4.69, 9.17) is 0 Å². The highest BCUT2D eigenvalue weighted by Crippen LogP contribution is 2.30. The van der Waals surface area contributed by atoms with E-state index in [9.17, 15) is 0 Å². The van der Waals surface area contributed by atoms with Crippen LogP contribution in [0.3, 0.4) is 0 Å². The Hall–Kier alpha value is -1.62. The molecule has 0 aliphatic carbocycles. The third-order valence-corrected chi connectivity index (χ3v) is 2.71. The van der Waals surface area contributed by atoms with Crippen LogP contribution in [0, 0.1) is 0 Å². The molecule has 0 bridgehead atoms. The smallest absolute Gasteiger partial charge is 0.163 e. The van der Waals surface area contributed by atoms with E-state index in [0.717, 1.165) is 16.4 Å². The number of thiophene rings is 1. The summed E-state index contributed by atoms with van der Waals surface area (Å²) in [7, 11) is 0. The van der Waals surface area contributed by atoms with Gasteiger partial charge in [0.1, 0.15) is 11.3 Å². The topological polar surface area (TPSA) is 40.0 Å². The van der Waals surface area contributed by atoms with Crippen molar-refractivity contribution < 1.29 is 0 Å². The minimum atomic E-state index is 0.911. The van der Waals surface area contributed by atoms with Crippen molar-refractivity contribution in [1.82, 2.24) is 10.4 Å². The maximum atomic E-state index is 4.28. The molecular formula is C8H6N4S. The number of hydrazine groups is 1. The molecule has 13 heavy (non-hydrogen) atoms. The summed E-state index contributed by atoms with van der Waals surface area (Å²) in [6.45, 7) is 0. The molecule has 0 aromatic carbocycles. The van der Waals surface area contributed by atoms with Crippen LogP contribution in [-0.4, -0.2) is 17.2 Å². The lowest BCUT2D eigenvalue weighted by molar-refractivity contribution is 0.531. The zero-order chi connectivity index (χ0) is 8.67. The van der Waals surface area contributed by atoms with E-state index in [0.29, 0.717) is 0 Å². The molecule has 2 aliphatic heterocycles. The standard InChI is InChI=1S/C8H6N4S/c1-4-13-8-6(1)7-9-2-3-11-12(7)5-10-8/h1-5,11H. The molecule has 3 rings (SSSR count). The summed E-state index contributed by atoms with van der Waals surface area (Å²) in [4.78, 5) is 8.56. The van der Waals surface area contributed by atoms with Gasteiger partial charge in [-0.1, -0.05) is 0 Å². The van der Waals surface area contributed by atoms with E-state index < -0.39 is 0 Å². The molecule has 0 unspecified atom stereocenters. The first-order chi connectivity index (χ1) is 6.45. The molecule has 0 saturated carbocycles. The van der Waals surface area contributed by atoms with Crippen molar-refractivity contribution in [2.24, 2.45) is 9.98 Å². The lowest BCUT2D eigenvalue weighted by atomic mass is 10.2. The van der Waals surface area contributed by atoms with Crippen LogP contribution in [0.4, 0.5) is 5.00 Å². The van der Waals surface area contributed by atoms with E-state index in [-0.39, 0.29) is 0 Å². The lowest BCUT2D eigenvalue weighted by Crippen LogP contribution is -2.42. The molecule has 0 saturated heterocycles. The number of nitrogens with one attached hydrogen (secondary N) is 1. The second kappa shape index (κ2) is 2.43. The number of fused-ring (bicyclic) bond motifs is 3. The Morgan fingerprint density at radius 3 is 3.46 bits per heavy atom. The van der Waals surface area contributed by atoms with Gasteiger partial charge < -0.3 is 0 Å². The quantitative estimate of drug-likeness (QED) is 0.672. The van der Waals surface area contributed by atoms with Gasteiger partial charge in [0, 0.05) is 12.4 Å². The summed E-state index contributed by atoms with van der Waals surface area (Å²) >= 11 is 1.62. The Labute approximate surface area is 78.9 Å². The molecule has 1 N–H and O–H groups in total. The van der Waals surface area contributed by atoms with Crippen molar-refractivity contribution in [3.05, 3.63) is 29.4 Å². The Bertz CT molecular complexity index is 429. The molecule has 0 fully saturated rings. The fourth-order valence-corrected chi connectivity index (χ4v) is 2.04. The number of hydrogen-bond donors (Lipinski definition) is 1. The first-order valence-corrected chi connectivity index (χ1v) is 4.73. The van der Waals surface area contributed by atoms with Crippen molar-refractivity contribution in [2.45, 2.75) is 0 Å². The highest BCUT2D eigenvalue weighted by molar-refractivity contribution is 7.14. The minimum Gasteiger partial charge on any atom is -0.297 e. The largest absolute Gasteiger partial charge is 0.297 e. The van der Waals surface area contributed by atoms with Crippen molar-refractivity contribution >= 4 is 28.5 Å². The Morgan fingerprint density at radius 2 is 2.46 bits per heavy atom. The van der Waals surface area contributed by atoms with Crippen molar-refractivity contribution in [3.63, 3.8) is 0 Å². The molecule has 64 valence electrons. The molecule has 2 aliphatic rings. The molecule has 3 heterocycles. The molecule has 5 heteroatoms. The summed E-state index contributed by atoms with van der Waals surface area (Å²) in [6, 6.07) is 2.03. The molecule has 4 nitrogen and oxygen atoms in total.